The van der Waals surface area contributed by atoms with Crippen molar-refractivity contribution in [3.63, 3.8) is 0 Å². The molecular weight excluding hydrogens is 809 g/mol. The highest BCUT2D eigenvalue weighted by molar-refractivity contribution is 6.12. The summed E-state index contributed by atoms with van der Waals surface area (Å²) in [5.41, 5.74) is 14.0. The molecule has 0 bridgehead atoms. The van der Waals surface area contributed by atoms with Crippen LogP contribution in [0.25, 0.3) is 117 Å². The van der Waals surface area contributed by atoms with Crippen LogP contribution in [0.3, 0.4) is 0 Å². The number of rotatable bonds is 7. The van der Waals surface area contributed by atoms with Gasteiger partial charge in [0.2, 0.25) is 0 Å². The van der Waals surface area contributed by atoms with Crippen molar-refractivity contribution >= 4 is 43.7 Å². The topological polar surface area (TPSA) is 104 Å². The van der Waals surface area contributed by atoms with Crippen molar-refractivity contribution in [1.82, 2.24) is 19.5 Å². The average molecular weight is 843 g/mol. The smallest absolute Gasteiger partial charge is 0.166 e. The highest BCUT2D eigenvalue weighted by Gasteiger charge is 2.22. The molecule has 0 N–H and O–H groups in total. The zero-order chi connectivity index (χ0) is 44.1. The number of aromatic nitrogens is 4. The Hall–Kier alpha value is -9.43. The fraction of sp³-hybridized carbons (Fsp3) is 0. The molecule has 0 aliphatic carbocycles. The number of hydrogen-bond donors (Lipinski definition) is 0. The van der Waals surface area contributed by atoms with E-state index in [0.29, 0.717) is 28.6 Å². The molecule has 12 aromatic rings. The van der Waals surface area contributed by atoms with E-state index >= 15 is 0 Å². The molecule has 3 aromatic heterocycles. The molecular formula is C59H34N6O. The van der Waals surface area contributed by atoms with Crippen LogP contribution >= 0.6 is 0 Å². The highest BCUT2D eigenvalue weighted by atomic mass is 16.3. The van der Waals surface area contributed by atoms with Gasteiger partial charge in [-0.1, -0.05) is 140 Å². The summed E-state index contributed by atoms with van der Waals surface area (Å²) in [5.74, 6) is 1.63. The number of hydrogen-bond acceptors (Lipinski definition) is 6. The normalized spacial score (nSPS) is 11.3. The lowest BCUT2D eigenvalue weighted by atomic mass is 9.99. The summed E-state index contributed by atoms with van der Waals surface area (Å²) in [6.45, 7) is 0. The number of benzene rings is 9. The minimum Gasteiger partial charge on any atom is -0.456 e. The maximum atomic E-state index is 9.84. The molecule has 0 aliphatic heterocycles. The van der Waals surface area contributed by atoms with Gasteiger partial charge in [0.25, 0.3) is 0 Å². The fourth-order valence-electron chi connectivity index (χ4n) is 9.10. The van der Waals surface area contributed by atoms with Gasteiger partial charge in [-0.15, -0.1) is 0 Å². The number of nitrogens with zero attached hydrogens (tertiary/aromatic N) is 6. The van der Waals surface area contributed by atoms with E-state index in [1.54, 1.807) is 0 Å². The lowest BCUT2D eigenvalue weighted by Gasteiger charge is -2.17. The summed E-state index contributed by atoms with van der Waals surface area (Å²) < 4.78 is 8.55. The number of furan rings is 1. The van der Waals surface area contributed by atoms with Crippen LogP contribution in [0.4, 0.5) is 0 Å². The molecule has 0 radical (unpaired) electrons. The third-order valence-corrected chi connectivity index (χ3v) is 12.3. The predicted octanol–water partition coefficient (Wildman–Crippen LogP) is 14.6. The Labute approximate surface area is 379 Å². The maximum Gasteiger partial charge on any atom is 0.166 e. The van der Waals surface area contributed by atoms with Crippen LogP contribution in [-0.2, 0) is 0 Å². The van der Waals surface area contributed by atoms with Gasteiger partial charge in [-0.05, 0) is 100 Å². The van der Waals surface area contributed by atoms with E-state index in [1.165, 1.54) is 0 Å². The van der Waals surface area contributed by atoms with E-state index in [-0.39, 0.29) is 0 Å². The molecule has 0 saturated heterocycles. The largest absolute Gasteiger partial charge is 0.456 e. The number of nitriles is 2. The summed E-state index contributed by atoms with van der Waals surface area (Å²) in [6.07, 6.45) is 0. The maximum absolute atomic E-state index is 9.84. The van der Waals surface area contributed by atoms with Crippen molar-refractivity contribution < 1.29 is 4.42 Å². The molecule has 0 atom stereocenters. The first-order valence-corrected chi connectivity index (χ1v) is 21.6. The molecule has 0 amide bonds. The van der Waals surface area contributed by atoms with Crippen LogP contribution in [-0.4, -0.2) is 19.5 Å². The summed E-state index contributed by atoms with van der Waals surface area (Å²) >= 11 is 0. The van der Waals surface area contributed by atoms with Gasteiger partial charge in [0.1, 0.15) is 11.2 Å². The van der Waals surface area contributed by atoms with Crippen molar-refractivity contribution in [1.29, 1.82) is 10.5 Å². The Balaban J connectivity index is 1.17. The molecule has 3 heterocycles. The Morgan fingerprint density at radius 3 is 1.42 bits per heavy atom. The first-order valence-electron chi connectivity index (χ1n) is 21.6. The van der Waals surface area contributed by atoms with Crippen LogP contribution in [0.5, 0.6) is 0 Å². The third kappa shape index (κ3) is 6.64. The molecule has 7 nitrogen and oxygen atoms in total. The van der Waals surface area contributed by atoms with Gasteiger partial charge in [0.05, 0.1) is 40.0 Å². The second-order valence-electron chi connectivity index (χ2n) is 16.3. The molecule has 0 aliphatic rings. The molecule has 7 heteroatoms. The highest BCUT2D eigenvalue weighted by Crippen LogP contribution is 2.42. The summed E-state index contributed by atoms with van der Waals surface area (Å²) in [4.78, 5) is 15.7. The van der Waals surface area contributed by atoms with Gasteiger partial charge in [-0.3, -0.25) is 0 Å². The second-order valence-corrected chi connectivity index (χ2v) is 16.3. The first-order chi connectivity index (χ1) is 32.6. The lowest BCUT2D eigenvalue weighted by molar-refractivity contribution is 0.669. The fourth-order valence-corrected chi connectivity index (χ4v) is 9.10. The second kappa shape index (κ2) is 15.7. The summed E-state index contributed by atoms with van der Waals surface area (Å²) in [6, 6.07) is 74.1. The van der Waals surface area contributed by atoms with Crippen molar-refractivity contribution in [2.45, 2.75) is 0 Å². The van der Waals surface area contributed by atoms with Crippen LogP contribution < -0.4 is 0 Å². The lowest BCUT2D eigenvalue weighted by Crippen LogP contribution is -2.04. The van der Waals surface area contributed by atoms with Gasteiger partial charge in [0, 0.05) is 38.2 Å². The van der Waals surface area contributed by atoms with E-state index in [9.17, 15) is 10.5 Å². The van der Waals surface area contributed by atoms with Crippen LogP contribution in [0.1, 0.15) is 11.1 Å². The van der Waals surface area contributed by atoms with Crippen molar-refractivity contribution in [3.05, 3.63) is 217 Å². The SMILES string of the molecule is N#Cc1cccc(-c2ccc3c4ccc(-c5cccc(C#N)c5)cc4n(-c4ccc(-c5ccc6oc7ccccc7c6c5)cc4-c4nc(-c5ccccc5)nc(-c5ccccc5)n4)c3c2)c1. The van der Waals surface area contributed by atoms with E-state index in [4.69, 9.17) is 19.4 Å². The molecule has 0 unspecified atom stereocenters. The van der Waals surface area contributed by atoms with E-state index in [1.807, 2.05) is 133 Å². The summed E-state index contributed by atoms with van der Waals surface area (Å²) in [5, 5.41) is 23.9. The molecule has 9 aromatic carbocycles. The van der Waals surface area contributed by atoms with Crippen LogP contribution in [0, 0.1) is 22.7 Å². The molecule has 66 heavy (non-hydrogen) atoms. The molecule has 0 spiro atoms. The van der Waals surface area contributed by atoms with Crippen molar-refractivity contribution in [3.8, 4) is 85.4 Å². The van der Waals surface area contributed by atoms with Crippen LogP contribution in [0.15, 0.2) is 211 Å². The van der Waals surface area contributed by atoms with E-state index in [2.05, 4.69) is 89.5 Å². The zero-order valence-electron chi connectivity index (χ0n) is 35.2. The average Bonchev–Trinajstić information content (AvgIpc) is 3.93. The first kappa shape index (κ1) is 38.3. The van der Waals surface area contributed by atoms with Crippen molar-refractivity contribution in [2.24, 2.45) is 0 Å². The van der Waals surface area contributed by atoms with Gasteiger partial charge in [-0.25, -0.2) is 15.0 Å². The zero-order valence-corrected chi connectivity index (χ0v) is 35.2. The minimum atomic E-state index is 0.514. The number of fused-ring (bicyclic) bond motifs is 6. The van der Waals surface area contributed by atoms with Gasteiger partial charge in [-0.2, -0.15) is 10.5 Å². The Bertz CT molecular complexity index is 3790. The molecule has 0 fully saturated rings. The molecule has 0 saturated carbocycles. The standard InChI is InChI=1S/C59H34N6O/c60-35-37-11-9-17-41(29-37)45-21-25-47-48-26-22-46(42-18-10-12-38(30-42)36-61)34-54(48)65(53(47)33-45)52-27-23-43(44-24-28-56-50(31-44)49-19-7-8-20-55(49)66-56)32-51(52)59-63-57(39-13-3-1-4-14-39)62-58(64-59)40-15-5-2-6-16-40/h1-34H. The quantitative estimate of drug-likeness (QED) is 0.158. The van der Waals surface area contributed by atoms with E-state index < -0.39 is 0 Å². The van der Waals surface area contributed by atoms with Crippen LogP contribution in [0.2, 0.25) is 0 Å². The summed E-state index contributed by atoms with van der Waals surface area (Å²) in [7, 11) is 0. The Morgan fingerprint density at radius 2 is 0.818 bits per heavy atom. The predicted molar refractivity (Wildman–Crippen MR) is 263 cm³/mol. The third-order valence-electron chi connectivity index (χ3n) is 12.3. The van der Waals surface area contributed by atoms with Gasteiger partial charge >= 0.3 is 0 Å². The van der Waals surface area contributed by atoms with Gasteiger partial charge in [0.15, 0.2) is 17.5 Å². The van der Waals surface area contributed by atoms with Gasteiger partial charge < -0.3 is 8.98 Å². The minimum absolute atomic E-state index is 0.514. The Morgan fingerprint density at radius 1 is 0.348 bits per heavy atom. The monoisotopic (exact) mass is 842 g/mol. The van der Waals surface area contributed by atoms with E-state index in [0.717, 1.165) is 99.5 Å². The Kier molecular flexibility index (Phi) is 9.12. The number of para-hydroxylation sites is 1. The molecule has 12 rings (SSSR count). The van der Waals surface area contributed by atoms with Crippen molar-refractivity contribution in [2.75, 3.05) is 0 Å². The molecule has 306 valence electrons.